The molecule has 4 heteroatoms. The number of nitrogen functional groups attached to an aromatic ring is 1. The SMILES string of the molecule is Nc1cnc(N2CCCC2C2CCCC2)nc1. The second kappa shape index (κ2) is 4.51. The first-order chi connectivity index (χ1) is 8.34. The van der Waals surface area contributed by atoms with Crippen LogP contribution >= 0.6 is 0 Å². The van der Waals surface area contributed by atoms with Gasteiger partial charge in [-0.15, -0.1) is 0 Å². The molecule has 1 saturated heterocycles. The summed E-state index contributed by atoms with van der Waals surface area (Å²) in [7, 11) is 0. The van der Waals surface area contributed by atoms with Crippen molar-refractivity contribution >= 4 is 11.6 Å². The van der Waals surface area contributed by atoms with Gasteiger partial charge in [0.2, 0.25) is 5.95 Å². The Hall–Kier alpha value is -1.32. The van der Waals surface area contributed by atoms with E-state index in [1.807, 2.05) is 0 Å². The lowest BCUT2D eigenvalue weighted by molar-refractivity contribution is 0.427. The van der Waals surface area contributed by atoms with Gasteiger partial charge in [0, 0.05) is 12.6 Å². The summed E-state index contributed by atoms with van der Waals surface area (Å²) < 4.78 is 0. The van der Waals surface area contributed by atoms with Gasteiger partial charge in [-0.25, -0.2) is 9.97 Å². The van der Waals surface area contributed by atoms with E-state index in [0.29, 0.717) is 11.7 Å². The first kappa shape index (κ1) is 10.8. The normalized spacial score (nSPS) is 25.6. The van der Waals surface area contributed by atoms with Crippen molar-refractivity contribution in [3.05, 3.63) is 12.4 Å². The van der Waals surface area contributed by atoms with Gasteiger partial charge in [0.15, 0.2) is 0 Å². The average molecular weight is 232 g/mol. The molecule has 4 nitrogen and oxygen atoms in total. The first-order valence-electron chi connectivity index (χ1n) is 6.69. The van der Waals surface area contributed by atoms with Gasteiger partial charge in [-0.05, 0) is 31.6 Å². The topological polar surface area (TPSA) is 55.0 Å². The predicted molar refractivity (Wildman–Crippen MR) is 68.8 cm³/mol. The molecule has 1 unspecified atom stereocenters. The smallest absolute Gasteiger partial charge is 0.225 e. The van der Waals surface area contributed by atoms with Crippen molar-refractivity contribution in [2.75, 3.05) is 17.2 Å². The molecular weight excluding hydrogens is 212 g/mol. The number of hydrogen-bond acceptors (Lipinski definition) is 4. The molecule has 0 aromatic carbocycles. The molecule has 17 heavy (non-hydrogen) atoms. The molecule has 2 N–H and O–H groups in total. The van der Waals surface area contributed by atoms with Crippen LogP contribution in [0.1, 0.15) is 38.5 Å². The van der Waals surface area contributed by atoms with E-state index in [1.165, 1.54) is 38.5 Å². The number of aromatic nitrogens is 2. The Balaban J connectivity index is 1.78. The maximum absolute atomic E-state index is 5.64. The van der Waals surface area contributed by atoms with Gasteiger partial charge in [-0.2, -0.15) is 0 Å². The molecule has 3 rings (SSSR count). The van der Waals surface area contributed by atoms with Crippen LogP contribution in [0.25, 0.3) is 0 Å². The highest BCUT2D eigenvalue weighted by Gasteiger charge is 2.34. The number of nitrogens with zero attached hydrogens (tertiary/aromatic N) is 3. The third-order valence-electron chi connectivity index (χ3n) is 4.16. The molecule has 1 saturated carbocycles. The van der Waals surface area contributed by atoms with Gasteiger partial charge in [-0.1, -0.05) is 12.8 Å². The van der Waals surface area contributed by atoms with Gasteiger partial charge < -0.3 is 10.6 Å². The summed E-state index contributed by atoms with van der Waals surface area (Å²) in [5.74, 6) is 1.73. The van der Waals surface area contributed by atoms with Crippen LogP contribution in [-0.4, -0.2) is 22.6 Å². The van der Waals surface area contributed by atoms with Crippen LogP contribution in [0.5, 0.6) is 0 Å². The molecular formula is C13H20N4. The van der Waals surface area contributed by atoms with E-state index < -0.39 is 0 Å². The monoisotopic (exact) mass is 232 g/mol. The predicted octanol–water partition coefficient (Wildman–Crippen LogP) is 2.22. The highest BCUT2D eigenvalue weighted by atomic mass is 15.3. The van der Waals surface area contributed by atoms with Gasteiger partial charge in [-0.3, -0.25) is 0 Å². The van der Waals surface area contributed by atoms with Gasteiger partial charge >= 0.3 is 0 Å². The summed E-state index contributed by atoms with van der Waals surface area (Å²) >= 11 is 0. The van der Waals surface area contributed by atoms with E-state index in [4.69, 9.17) is 5.73 Å². The Bertz CT molecular complexity index is 370. The largest absolute Gasteiger partial charge is 0.396 e. The Kier molecular flexibility index (Phi) is 2.87. The standard InChI is InChI=1S/C13H20N4/c14-11-8-15-13(16-9-11)17-7-3-6-12(17)10-4-1-2-5-10/h8-10,12H,1-7,14H2. The van der Waals surface area contributed by atoms with Crippen LogP contribution in [-0.2, 0) is 0 Å². The maximum Gasteiger partial charge on any atom is 0.225 e. The third kappa shape index (κ3) is 2.08. The fourth-order valence-corrected chi connectivity index (χ4v) is 3.35. The van der Waals surface area contributed by atoms with E-state index in [0.717, 1.165) is 18.4 Å². The van der Waals surface area contributed by atoms with Gasteiger partial charge in [0.1, 0.15) is 0 Å². The minimum Gasteiger partial charge on any atom is -0.396 e. The lowest BCUT2D eigenvalue weighted by Gasteiger charge is -2.29. The Morgan fingerprint density at radius 1 is 1.06 bits per heavy atom. The van der Waals surface area contributed by atoms with Crippen LogP contribution in [0, 0.1) is 5.92 Å². The molecule has 1 aliphatic heterocycles. The highest BCUT2D eigenvalue weighted by molar-refractivity contribution is 5.39. The first-order valence-corrected chi connectivity index (χ1v) is 6.69. The lowest BCUT2D eigenvalue weighted by atomic mass is 9.96. The van der Waals surface area contributed by atoms with Crippen molar-refractivity contribution in [2.24, 2.45) is 5.92 Å². The van der Waals surface area contributed by atoms with E-state index in [1.54, 1.807) is 12.4 Å². The van der Waals surface area contributed by atoms with Crippen molar-refractivity contribution in [1.29, 1.82) is 0 Å². The summed E-state index contributed by atoms with van der Waals surface area (Å²) in [5.41, 5.74) is 6.28. The van der Waals surface area contributed by atoms with Crippen LogP contribution < -0.4 is 10.6 Å². The minimum atomic E-state index is 0.644. The summed E-state index contributed by atoms with van der Waals surface area (Å²) in [6, 6.07) is 0.668. The molecule has 1 aromatic heterocycles. The molecule has 1 aliphatic carbocycles. The molecule has 0 radical (unpaired) electrons. The quantitative estimate of drug-likeness (QED) is 0.849. The van der Waals surface area contributed by atoms with Crippen LogP contribution in [0.3, 0.4) is 0 Å². The number of hydrogen-bond donors (Lipinski definition) is 1. The number of anilines is 2. The molecule has 1 atom stereocenters. The molecule has 0 spiro atoms. The Morgan fingerprint density at radius 3 is 2.47 bits per heavy atom. The van der Waals surface area contributed by atoms with Gasteiger partial charge in [0.25, 0.3) is 0 Å². The van der Waals surface area contributed by atoms with Gasteiger partial charge in [0.05, 0.1) is 18.1 Å². The molecule has 0 amide bonds. The fraction of sp³-hybridized carbons (Fsp3) is 0.692. The molecule has 92 valence electrons. The zero-order chi connectivity index (χ0) is 11.7. The van der Waals surface area contributed by atoms with E-state index in [2.05, 4.69) is 14.9 Å². The van der Waals surface area contributed by atoms with E-state index in [-0.39, 0.29) is 0 Å². The molecule has 2 aliphatic rings. The van der Waals surface area contributed by atoms with Crippen molar-refractivity contribution in [2.45, 2.75) is 44.6 Å². The van der Waals surface area contributed by atoms with Crippen LogP contribution in [0.2, 0.25) is 0 Å². The van der Waals surface area contributed by atoms with Crippen molar-refractivity contribution in [3.63, 3.8) is 0 Å². The summed E-state index contributed by atoms with van der Waals surface area (Å²) in [6.07, 6.45) is 11.6. The highest BCUT2D eigenvalue weighted by Crippen LogP contribution is 2.36. The van der Waals surface area contributed by atoms with Crippen LogP contribution in [0.4, 0.5) is 11.6 Å². The second-order valence-electron chi connectivity index (χ2n) is 5.26. The fourth-order valence-electron chi connectivity index (χ4n) is 3.35. The van der Waals surface area contributed by atoms with E-state index in [9.17, 15) is 0 Å². The number of rotatable bonds is 2. The average Bonchev–Trinajstić information content (AvgIpc) is 3.00. The summed E-state index contributed by atoms with van der Waals surface area (Å²) in [4.78, 5) is 11.1. The van der Waals surface area contributed by atoms with Crippen molar-refractivity contribution in [3.8, 4) is 0 Å². The third-order valence-corrected chi connectivity index (χ3v) is 4.16. The zero-order valence-electron chi connectivity index (χ0n) is 10.2. The van der Waals surface area contributed by atoms with Crippen LogP contribution in [0.15, 0.2) is 12.4 Å². The number of nitrogens with two attached hydrogens (primary N) is 1. The molecule has 1 aromatic rings. The zero-order valence-corrected chi connectivity index (χ0v) is 10.2. The lowest BCUT2D eigenvalue weighted by Crippen LogP contribution is -2.35. The maximum atomic E-state index is 5.64. The molecule has 2 heterocycles. The summed E-state index contributed by atoms with van der Waals surface area (Å²) in [6.45, 7) is 1.10. The molecule has 0 bridgehead atoms. The van der Waals surface area contributed by atoms with Crippen molar-refractivity contribution < 1.29 is 0 Å². The minimum absolute atomic E-state index is 0.644. The summed E-state index contributed by atoms with van der Waals surface area (Å²) in [5, 5.41) is 0. The second-order valence-corrected chi connectivity index (χ2v) is 5.26. The Morgan fingerprint density at radius 2 is 1.76 bits per heavy atom. The van der Waals surface area contributed by atoms with E-state index >= 15 is 0 Å². The molecule has 2 fully saturated rings. The Labute approximate surface area is 102 Å². The van der Waals surface area contributed by atoms with Crippen molar-refractivity contribution in [1.82, 2.24) is 9.97 Å².